The summed E-state index contributed by atoms with van der Waals surface area (Å²) in [5, 5.41) is 22.1. The molecule has 3 N–H and O–H groups in total. The van der Waals surface area contributed by atoms with Crippen LogP contribution in [-0.2, 0) is 0 Å². The number of carbonyl (C=O) groups is 2. The summed E-state index contributed by atoms with van der Waals surface area (Å²) < 4.78 is 0. The van der Waals surface area contributed by atoms with E-state index in [-0.39, 0.29) is 28.3 Å². The Morgan fingerprint density at radius 3 is 2.76 bits per heavy atom. The van der Waals surface area contributed by atoms with Crippen molar-refractivity contribution < 1.29 is 19.6 Å². The molecule has 2 rings (SSSR count). The van der Waals surface area contributed by atoms with Crippen LogP contribution in [0.2, 0.25) is 0 Å². The van der Waals surface area contributed by atoms with Crippen LogP contribution in [0, 0.1) is 17.0 Å². The fraction of sp³-hybridized carbons (Fsp3) is 0.0833. The molecule has 0 bridgehead atoms. The van der Waals surface area contributed by atoms with Gasteiger partial charge in [-0.1, -0.05) is 6.07 Å². The van der Waals surface area contributed by atoms with Crippen LogP contribution in [0.15, 0.2) is 24.5 Å². The van der Waals surface area contributed by atoms with E-state index in [2.05, 4.69) is 15.3 Å². The summed E-state index contributed by atoms with van der Waals surface area (Å²) in [7, 11) is 0. The van der Waals surface area contributed by atoms with Crippen molar-refractivity contribution >= 4 is 23.3 Å². The smallest absolute Gasteiger partial charge is 0.354 e. The summed E-state index contributed by atoms with van der Waals surface area (Å²) in [5.74, 6) is -2.09. The number of rotatable bonds is 4. The maximum atomic E-state index is 12.0. The van der Waals surface area contributed by atoms with Gasteiger partial charge in [0.1, 0.15) is 0 Å². The van der Waals surface area contributed by atoms with Gasteiger partial charge in [-0.2, -0.15) is 0 Å². The van der Waals surface area contributed by atoms with E-state index in [1.165, 1.54) is 25.1 Å². The number of carbonyl (C=O) groups excluding carboxylic acids is 1. The first-order valence-electron chi connectivity index (χ1n) is 5.74. The van der Waals surface area contributed by atoms with Gasteiger partial charge in [0.25, 0.3) is 11.6 Å². The first-order chi connectivity index (χ1) is 9.91. The number of nitrogens with zero attached hydrogens (tertiary/aromatic N) is 2. The van der Waals surface area contributed by atoms with Crippen molar-refractivity contribution in [2.24, 2.45) is 0 Å². The number of hydrogen-bond acceptors (Lipinski definition) is 5. The van der Waals surface area contributed by atoms with E-state index in [0.29, 0.717) is 0 Å². The molecule has 9 heteroatoms. The highest BCUT2D eigenvalue weighted by atomic mass is 16.6. The molecule has 1 amide bonds. The third-order valence-corrected chi connectivity index (χ3v) is 2.82. The van der Waals surface area contributed by atoms with Crippen molar-refractivity contribution in [3.8, 4) is 0 Å². The van der Waals surface area contributed by atoms with Gasteiger partial charge in [0, 0.05) is 6.07 Å². The lowest BCUT2D eigenvalue weighted by Crippen LogP contribution is -2.17. The highest BCUT2D eigenvalue weighted by Crippen LogP contribution is 2.25. The van der Waals surface area contributed by atoms with Gasteiger partial charge >= 0.3 is 5.97 Å². The second kappa shape index (κ2) is 5.41. The van der Waals surface area contributed by atoms with Crippen LogP contribution < -0.4 is 5.32 Å². The van der Waals surface area contributed by atoms with Gasteiger partial charge in [-0.15, -0.1) is 0 Å². The number of carboxylic acids is 1. The summed E-state index contributed by atoms with van der Waals surface area (Å²) >= 11 is 0. The minimum atomic E-state index is -1.33. The Kier molecular flexibility index (Phi) is 3.65. The van der Waals surface area contributed by atoms with Gasteiger partial charge in [-0.05, 0) is 13.0 Å². The number of amides is 1. The Bertz CT molecular complexity index is 737. The van der Waals surface area contributed by atoms with Crippen LogP contribution in [0.1, 0.15) is 26.5 Å². The van der Waals surface area contributed by atoms with Crippen molar-refractivity contribution in [1.82, 2.24) is 9.97 Å². The highest BCUT2D eigenvalue weighted by Gasteiger charge is 2.21. The topological polar surface area (TPSA) is 138 Å². The number of nitrogens with one attached hydrogen (secondary N) is 2. The van der Waals surface area contributed by atoms with E-state index < -0.39 is 16.8 Å². The normalized spacial score (nSPS) is 10.1. The summed E-state index contributed by atoms with van der Waals surface area (Å²) in [4.78, 5) is 39.2. The average molecular weight is 290 g/mol. The molecule has 0 unspecified atom stereocenters. The summed E-state index contributed by atoms with van der Waals surface area (Å²) in [5.41, 5.74) is -0.311. The maximum absolute atomic E-state index is 12.0. The van der Waals surface area contributed by atoms with Crippen molar-refractivity contribution in [2.45, 2.75) is 6.92 Å². The number of nitro groups is 1. The molecule has 0 saturated carbocycles. The number of anilines is 1. The first kappa shape index (κ1) is 14.2. The largest absolute Gasteiger partial charge is 0.477 e. The summed E-state index contributed by atoms with van der Waals surface area (Å²) in [6, 6.07) is 4.21. The van der Waals surface area contributed by atoms with Gasteiger partial charge in [0.15, 0.2) is 11.4 Å². The molecule has 0 fully saturated rings. The molecule has 1 aromatic heterocycles. The average Bonchev–Trinajstić information content (AvgIpc) is 2.90. The van der Waals surface area contributed by atoms with Gasteiger partial charge in [-0.25, -0.2) is 9.78 Å². The molecule has 0 spiro atoms. The van der Waals surface area contributed by atoms with Crippen molar-refractivity contribution in [3.05, 3.63) is 51.6 Å². The van der Waals surface area contributed by atoms with E-state index in [1.54, 1.807) is 0 Å². The zero-order chi connectivity index (χ0) is 15.6. The van der Waals surface area contributed by atoms with E-state index in [1.807, 2.05) is 0 Å². The highest BCUT2D eigenvalue weighted by molar-refractivity contribution is 6.09. The van der Waals surface area contributed by atoms with Gasteiger partial charge < -0.3 is 15.4 Å². The molecular weight excluding hydrogens is 280 g/mol. The number of hydrogen-bond donors (Lipinski definition) is 3. The zero-order valence-electron chi connectivity index (χ0n) is 10.8. The number of nitro benzene ring substituents is 1. The SMILES string of the molecule is Cc1c(NC(=O)c2nc[nH]c2C(=O)O)cccc1[N+](=O)[O-]. The lowest BCUT2D eigenvalue weighted by Gasteiger charge is -2.07. The van der Waals surface area contributed by atoms with Crippen LogP contribution >= 0.6 is 0 Å². The molecular formula is C12H10N4O5. The molecule has 108 valence electrons. The van der Waals surface area contributed by atoms with Crippen LogP contribution in [0.4, 0.5) is 11.4 Å². The van der Waals surface area contributed by atoms with E-state index in [4.69, 9.17) is 5.11 Å². The van der Waals surface area contributed by atoms with Crippen LogP contribution in [0.5, 0.6) is 0 Å². The van der Waals surface area contributed by atoms with Crippen molar-refractivity contribution in [1.29, 1.82) is 0 Å². The predicted molar refractivity (Wildman–Crippen MR) is 71.3 cm³/mol. The molecule has 2 aromatic rings. The molecule has 9 nitrogen and oxygen atoms in total. The molecule has 0 atom stereocenters. The number of imidazole rings is 1. The van der Waals surface area contributed by atoms with Gasteiger partial charge in [0.2, 0.25) is 0 Å². The Morgan fingerprint density at radius 1 is 1.43 bits per heavy atom. The monoisotopic (exact) mass is 290 g/mol. The molecule has 0 aliphatic carbocycles. The number of benzene rings is 1. The number of aromatic carboxylic acids is 1. The van der Waals surface area contributed by atoms with Crippen molar-refractivity contribution in [2.75, 3.05) is 5.32 Å². The minimum Gasteiger partial charge on any atom is -0.477 e. The number of H-pyrrole nitrogens is 1. The molecule has 0 aliphatic heterocycles. The third kappa shape index (κ3) is 2.71. The van der Waals surface area contributed by atoms with Crippen LogP contribution in [0.3, 0.4) is 0 Å². The fourth-order valence-electron chi connectivity index (χ4n) is 1.77. The maximum Gasteiger partial charge on any atom is 0.354 e. The second-order valence-electron chi connectivity index (χ2n) is 4.09. The molecule has 1 heterocycles. The fourth-order valence-corrected chi connectivity index (χ4v) is 1.77. The molecule has 0 saturated heterocycles. The Hall–Kier alpha value is -3.23. The number of aromatic nitrogens is 2. The van der Waals surface area contributed by atoms with E-state index >= 15 is 0 Å². The zero-order valence-corrected chi connectivity index (χ0v) is 10.8. The molecule has 21 heavy (non-hydrogen) atoms. The van der Waals surface area contributed by atoms with Crippen LogP contribution in [0.25, 0.3) is 0 Å². The lowest BCUT2D eigenvalue weighted by atomic mass is 10.1. The van der Waals surface area contributed by atoms with Gasteiger partial charge in [0.05, 0.1) is 22.5 Å². The summed E-state index contributed by atoms with van der Waals surface area (Å²) in [6.45, 7) is 1.48. The van der Waals surface area contributed by atoms with E-state index in [0.717, 1.165) is 6.33 Å². The second-order valence-corrected chi connectivity index (χ2v) is 4.09. The summed E-state index contributed by atoms with van der Waals surface area (Å²) in [6.07, 6.45) is 1.08. The predicted octanol–water partition coefficient (Wildman–Crippen LogP) is 1.58. The lowest BCUT2D eigenvalue weighted by molar-refractivity contribution is -0.385. The number of carboxylic acid groups (broad SMARTS) is 1. The quantitative estimate of drug-likeness (QED) is 0.577. The van der Waals surface area contributed by atoms with E-state index in [9.17, 15) is 19.7 Å². The molecule has 1 aromatic carbocycles. The Morgan fingerprint density at radius 2 is 2.14 bits per heavy atom. The molecule has 0 radical (unpaired) electrons. The van der Waals surface area contributed by atoms with Crippen LogP contribution in [-0.4, -0.2) is 31.9 Å². The third-order valence-electron chi connectivity index (χ3n) is 2.82. The Labute approximate surface area is 117 Å². The molecule has 0 aliphatic rings. The van der Waals surface area contributed by atoms with Gasteiger partial charge in [-0.3, -0.25) is 14.9 Å². The number of aromatic amines is 1. The van der Waals surface area contributed by atoms with Crippen molar-refractivity contribution in [3.63, 3.8) is 0 Å². The Balaban J connectivity index is 2.32. The minimum absolute atomic E-state index is 0.145. The standard InChI is InChI=1S/C12H10N4O5/c1-6-7(3-2-4-8(6)16(20)21)15-11(17)9-10(12(18)19)14-5-13-9/h2-5H,1H3,(H,13,14)(H,15,17)(H,18,19). The first-order valence-corrected chi connectivity index (χ1v) is 5.74.